The van der Waals surface area contributed by atoms with Crippen molar-refractivity contribution in [2.45, 2.75) is 12.6 Å². The van der Waals surface area contributed by atoms with Crippen molar-refractivity contribution in [1.29, 1.82) is 0 Å². The summed E-state index contributed by atoms with van der Waals surface area (Å²) in [5, 5.41) is 13.6. The molecular weight excluding hydrogens is 375 g/mol. The zero-order valence-electron chi connectivity index (χ0n) is 13.2. The molecule has 1 aromatic heterocycles. The van der Waals surface area contributed by atoms with Crippen LogP contribution in [0.25, 0.3) is 5.69 Å². The van der Waals surface area contributed by atoms with E-state index in [-0.39, 0.29) is 12.2 Å². The number of halogens is 4. The van der Waals surface area contributed by atoms with Crippen molar-refractivity contribution in [2.24, 2.45) is 5.41 Å². The minimum absolute atomic E-state index is 0.0756. The van der Waals surface area contributed by atoms with Crippen molar-refractivity contribution >= 4 is 23.5 Å². The van der Waals surface area contributed by atoms with Crippen molar-refractivity contribution in [3.05, 3.63) is 47.2 Å². The number of amides is 1. The van der Waals surface area contributed by atoms with Gasteiger partial charge in [0, 0.05) is 24.3 Å². The van der Waals surface area contributed by atoms with Crippen LogP contribution in [0, 0.1) is 5.41 Å². The van der Waals surface area contributed by atoms with Gasteiger partial charge < -0.3 is 10.0 Å². The summed E-state index contributed by atoms with van der Waals surface area (Å²) in [5.74, 6) is -2.73. The molecule has 1 fully saturated rings. The van der Waals surface area contributed by atoms with Gasteiger partial charge in [-0.05, 0) is 30.7 Å². The van der Waals surface area contributed by atoms with Gasteiger partial charge in [-0.1, -0.05) is 17.7 Å². The maximum Gasteiger partial charge on any atom is 0.406 e. The molecule has 6 nitrogen and oxygen atoms in total. The Hall–Kier alpha value is -2.55. The maximum atomic E-state index is 13.2. The minimum atomic E-state index is -4.95. The number of nitrogens with zero attached hydrogens (tertiary/aromatic N) is 3. The van der Waals surface area contributed by atoms with Crippen molar-refractivity contribution in [3.8, 4) is 5.69 Å². The van der Waals surface area contributed by atoms with E-state index in [9.17, 15) is 22.8 Å². The van der Waals surface area contributed by atoms with Crippen LogP contribution in [0.1, 0.15) is 16.9 Å². The highest BCUT2D eigenvalue weighted by Crippen LogP contribution is 2.45. The van der Waals surface area contributed by atoms with E-state index < -0.39 is 36.4 Å². The molecule has 1 N–H and O–H groups in total. The number of carbonyl (C=O) groups is 2. The molecule has 0 radical (unpaired) electrons. The zero-order chi connectivity index (χ0) is 19.1. The Kier molecular flexibility index (Phi) is 4.43. The highest BCUT2D eigenvalue weighted by Gasteiger charge is 2.64. The van der Waals surface area contributed by atoms with E-state index in [0.717, 1.165) is 4.90 Å². The van der Waals surface area contributed by atoms with Gasteiger partial charge in [-0.25, -0.2) is 4.68 Å². The SMILES string of the molecule is O=C(c1ccn(-c2cccc(Cl)c2)n1)N1CCC(C(=O)O)(C(F)(F)F)C1. The molecule has 2 aromatic rings. The van der Waals surface area contributed by atoms with Gasteiger partial charge in [-0.3, -0.25) is 9.59 Å². The summed E-state index contributed by atoms with van der Waals surface area (Å²) >= 11 is 5.89. The summed E-state index contributed by atoms with van der Waals surface area (Å²) < 4.78 is 41.0. The lowest BCUT2D eigenvalue weighted by Crippen LogP contribution is -2.47. The van der Waals surface area contributed by atoms with Crippen molar-refractivity contribution in [1.82, 2.24) is 14.7 Å². The topological polar surface area (TPSA) is 75.4 Å². The number of hydrogen-bond donors (Lipinski definition) is 1. The average Bonchev–Trinajstić information content (AvgIpc) is 3.22. The third kappa shape index (κ3) is 3.03. The number of alkyl halides is 3. The normalized spacial score (nSPS) is 20.4. The maximum absolute atomic E-state index is 13.2. The first-order valence-electron chi connectivity index (χ1n) is 7.55. The summed E-state index contributed by atoms with van der Waals surface area (Å²) in [5.41, 5.74) is -2.44. The number of carboxylic acid groups (broad SMARTS) is 1. The molecular formula is C16H13ClF3N3O3. The van der Waals surface area contributed by atoms with E-state index in [4.69, 9.17) is 16.7 Å². The molecule has 1 aliphatic heterocycles. The second-order valence-electron chi connectivity index (χ2n) is 5.99. The number of aliphatic carboxylic acids is 1. The van der Waals surface area contributed by atoms with Gasteiger partial charge >= 0.3 is 12.1 Å². The van der Waals surface area contributed by atoms with Gasteiger partial charge in [0.2, 0.25) is 0 Å². The van der Waals surface area contributed by atoms with Gasteiger partial charge in [0.25, 0.3) is 5.91 Å². The van der Waals surface area contributed by atoms with Gasteiger partial charge in [-0.2, -0.15) is 18.3 Å². The Morgan fingerprint density at radius 1 is 1.27 bits per heavy atom. The van der Waals surface area contributed by atoms with Crippen LogP contribution in [0.4, 0.5) is 13.2 Å². The fourth-order valence-corrected chi connectivity index (χ4v) is 3.06. The molecule has 138 valence electrons. The predicted molar refractivity (Wildman–Crippen MR) is 85.2 cm³/mol. The smallest absolute Gasteiger partial charge is 0.406 e. The molecule has 1 aliphatic rings. The molecule has 0 bridgehead atoms. The van der Waals surface area contributed by atoms with Crippen LogP contribution >= 0.6 is 11.6 Å². The summed E-state index contributed by atoms with van der Waals surface area (Å²) in [4.78, 5) is 24.5. The van der Waals surface area contributed by atoms with Gasteiger partial charge in [0.05, 0.1) is 5.69 Å². The van der Waals surface area contributed by atoms with Crippen LogP contribution in [0.15, 0.2) is 36.5 Å². The number of carboxylic acids is 1. The molecule has 0 aliphatic carbocycles. The standard InChI is InChI=1S/C16H13ClF3N3O3/c17-10-2-1-3-11(8-10)23-6-4-12(21-23)13(24)22-7-5-15(9-22,14(25)26)16(18,19)20/h1-4,6,8H,5,7,9H2,(H,25,26). The molecule has 1 saturated heterocycles. The third-order valence-corrected chi connectivity index (χ3v) is 4.62. The van der Waals surface area contributed by atoms with E-state index in [1.165, 1.54) is 16.9 Å². The molecule has 10 heteroatoms. The van der Waals surface area contributed by atoms with Crippen LogP contribution in [-0.4, -0.2) is 50.9 Å². The minimum Gasteiger partial charge on any atom is -0.481 e. The number of aromatic nitrogens is 2. The summed E-state index contributed by atoms with van der Waals surface area (Å²) in [7, 11) is 0. The molecule has 2 heterocycles. The van der Waals surface area contributed by atoms with Crippen molar-refractivity contribution < 1.29 is 27.9 Å². The van der Waals surface area contributed by atoms with Gasteiger partial charge in [-0.15, -0.1) is 0 Å². The third-order valence-electron chi connectivity index (χ3n) is 4.39. The van der Waals surface area contributed by atoms with Crippen LogP contribution in [-0.2, 0) is 4.79 Å². The molecule has 1 unspecified atom stereocenters. The number of benzene rings is 1. The Morgan fingerprint density at radius 2 is 2.00 bits per heavy atom. The van der Waals surface area contributed by atoms with E-state index in [0.29, 0.717) is 10.7 Å². The zero-order valence-corrected chi connectivity index (χ0v) is 14.0. The van der Waals surface area contributed by atoms with E-state index >= 15 is 0 Å². The molecule has 26 heavy (non-hydrogen) atoms. The lowest BCUT2D eigenvalue weighted by atomic mass is 9.86. The number of carbonyl (C=O) groups excluding carboxylic acids is 1. The van der Waals surface area contributed by atoms with Crippen molar-refractivity contribution in [3.63, 3.8) is 0 Å². The Labute approximate surface area is 150 Å². The molecule has 0 saturated carbocycles. The summed E-state index contributed by atoms with van der Waals surface area (Å²) in [6.07, 6.45) is -4.16. The van der Waals surface area contributed by atoms with Crippen LogP contribution in [0.3, 0.4) is 0 Å². The summed E-state index contributed by atoms with van der Waals surface area (Å²) in [6, 6.07) is 8.01. The van der Waals surface area contributed by atoms with Gasteiger partial charge in [0.15, 0.2) is 11.1 Å². The van der Waals surface area contributed by atoms with Gasteiger partial charge in [0.1, 0.15) is 0 Å². The molecule has 0 spiro atoms. The second kappa shape index (κ2) is 6.31. The van der Waals surface area contributed by atoms with E-state index in [1.54, 1.807) is 24.3 Å². The number of hydrogen-bond acceptors (Lipinski definition) is 3. The first-order valence-corrected chi connectivity index (χ1v) is 7.93. The highest BCUT2D eigenvalue weighted by atomic mass is 35.5. The molecule has 3 rings (SSSR count). The quantitative estimate of drug-likeness (QED) is 0.878. The predicted octanol–water partition coefficient (Wildman–Crippen LogP) is 3.00. The Bertz CT molecular complexity index is 868. The van der Waals surface area contributed by atoms with E-state index in [1.807, 2.05) is 0 Å². The van der Waals surface area contributed by atoms with Crippen LogP contribution in [0.5, 0.6) is 0 Å². The molecule has 1 aromatic carbocycles. The Balaban J connectivity index is 1.82. The first-order chi connectivity index (χ1) is 12.1. The lowest BCUT2D eigenvalue weighted by molar-refractivity contribution is -0.227. The van der Waals surface area contributed by atoms with Crippen molar-refractivity contribution in [2.75, 3.05) is 13.1 Å². The second-order valence-corrected chi connectivity index (χ2v) is 6.42. The monoisotopic (exact) mass is 387 g/mol. The average molecular weight is 388 g/mol. The Morgan fingerprint density at radius 3 is 2.58 bits per heavy atom. The highest BCUT2D eigenvalue weighted by molar-refractivity contribution is 6.30. The fraction of sp³-hybridized carbons (Fsp3) is 0.312. The number of rotatable bonds is 3. The summed E-state index contributed by atoms with van der Waals surface area (Å²) in [6.45, 7) is -1.25. The first kappa shape index (κ1) is 18.2. The lowest BCUT2D eigenvalue weighted by Gasteiger charge is -2.27. The molecule has 1 atom stereocenters. The van der Waals surface area contributed by atoms with E-state index in [2.05, 4.69) is 5.10 Å². The fourth-order valence-electron chi connectivity index (χ4n) is 2.87. The number of likely N-dealkylation sites (tertiary alicyclic amines) is 1. The van der Waals surface area contributed by atoms with Crippen LogP contribution < -0.4 is 0 Å². The largest absolute Gasteiger partial charge is 0.481 e. The van der Waals surface area contributed by atoms with Crippen LogP contribution in [0.2, 0.25) is 5.02 Å². The molecule has 1 amide bonds.